The minimum Gasteiger partial charge on any atom is -0.496 e. The van der Waals surface area contributed by atoms with E-state index in [0.29, 0.717) is 12.3 Å². The highest BCUT2D eigenvalue weighted by atomic mass is 32.2. The molecule has 3 N–H and O–H groups in total. The first-order valence-electron chi connectivity index (χ1n) is 8.86. The molecule has 0 saturated heterocycles. The topological polar surface area (TPSA) is 107 Å². The third-order valence-electron chi connectivity index (χ3n) is 4.31. The van der Waals surface area contributed by atoms with Crippen LogP contribution in [0.1, 0.15) is 11.1 Å². The van der Waals surface area contributed by atoms with Gasteiger partial charge in [0.15, 0.2) is 5.96 Å². The number of benzene rings is 2. The van der Waals surface area contributed by atoms with Crippen molar-refractivity contribution in [2.24, 2.45) is 10.7 Å². The number of hydrogen-bond acceptors (Lipinski definition) is 5. The fourth-order valence-corrected chi connectivity index (χ4v) is 3.95. The number of rotatable bonds is 6. The molecule has 0 spiro atoms. The number of pyridine rings is 1. The normalized spacial score (nSPS) is 11.9. The van der Waals surface area contributed by atoms with Gasteiger partial charge in [0.05, 0.1) is 23.4 Å². The SMILES string of the molecule is COc1cc(S(=O)(=O)c2ccc(CN=C(N)Nc3ccncc3)cc2)ccc1C. The number of sulfone groups is 1. The van der Waals surface area contributed by atoms with Gasteiger partial charge in [-0.3, -0.25) is 4.98 Å². The van der Waals surface area contributed by atoms with Gasteiger partial charge in [-0.05, 0) is 54.4 Å². The Morgan fingerprint density at radius 3 is 2.38 bits per heavy atom. The molecular formula is C21H22N4O3S. The van der Waals surface area contributed by atoms with E-state index in [-0.39, 0.29) is 15.8 Å². The predicted octanol–water partition coefficient (Wildman–Crippen LogP) is 3.16. The second-order valence-electron chi connectivity index (χ2n) is 6.34. The van der Waals surface area contributed by atoms with Crippen molar-refractivity contribution >= 4 is 21.5 Å². The first-order chi connectivity index (χ1) is 13.9. The number of anilines is 1. The number of aryl methyl sites for hydroxylation is 1. The number of nitrogens with two attached hydrogens (primary N) is 1. The van der Waals surface area contributed by atoms with E-state index < -0.39 is 9.84 Å². The van der Waals surface area contributed by atoms with Crippen molar-refractivity contribution in [3.63, 3.8) is 0 Å². The zero-order valence-electron chi connectivity index (χ0n) is 16.2. The van der Waals surface area contributed by atoms with E-state index in [1.165, 1.54) is 13.2 Å². The molecule has 0 aliphatic carbocycles. The molecule has 3 aromatic rings. The number of guanidine groups is 1. The van der Waals surface area contributed by atoms with E-state index in [1.807, 2.05) is 6.92 Å². The van der Waals surface area contributed by atoms with Crippen molar-refractivity contribution in [3.05, 3.63) is 78.1 Å². The van der Waals surface area contributed by atoms with Gasteiger partial charge < -0.3 is 15.8 Å². The maximum absolute atomic E-state index is 12.9. The van der Waals surface area contributed by atoms with Crippen LogP contribution in [0.25, 0.3) is 0 Å². The number of methoxy groups -OCH3 is 1. The Bertz CT molecular complexity index is 1110. The second kappa shape index (κ2) is 8.74. The van der Waals surface area contributed by atoms with Crippen LogP contribution in [0.4, 0.5) is 5.69 Å². The Labute approximate surface area is 170 Å². The molecule has 2 aromatic carbocycles. The Morgan fingerprint density at radius 2 is 1.72 bits per heavy atom. The molecule has 3 rings (SSSR count). The van der Waals surface area contributed by atoms with Crippen molar-refractivity contribution in [2.75, 3.05) is 12.4 Å². The Kier molecular flexibility index (Phi) is 6.13. The molecule has 0 fully saturated rings. The summed E-state index contributed by atoms with van der Waals surface area (Å²) in [6.45, 7) is 2.18. The molecule has 150 valence electrons. The van der Waals surface area contributed by atoms with E-state index in [0.717, 1.165) is 16.8 Å². The average Bonchev–Trinajstić information content (AvgIpc) is 2.73. The fraction of sp³-hybridized carbons (Fsp3) is 0.143. The summed E-state index contributed by atoms with van der Waals surface area (Å²) in [6.07, 6.45) is 3.30. The van der Waals surface area contributed by atoms with Crippen LogP contribution in [0.3, 0.4) is 0 Å². The molecule has 0 saturated carbocycles. The lowest BCUT2D eigenvalue weighted by molar-refractivity contribution is 0.410. The lowest BCUT2D eigenvalue weighted by atomic mass is 10.2. The van der Waals surface area contributed by atoms with Crippen molar-refractivity contribution in [1.82, 2.24) is 4.98 Å². The summed E-state index contributed by atoms with van der Waals surface area (Å²) in [7, 11) is -2.12. The number of aromatic nitrogens is 1. The number of ether oxygens (including phenoxy) is 1. The van der Waals surface area contributed by atoms with Crippen molar-refractivity contribution in [1.29, 1.82) is 0 Å². The molecule has 0 amide bonds. The summed E-state index contributed by atoms with van der Waals surface area (Å²) in [5.74, 6) is 0.800. The van der Waals surface area contributed by atoms with E-state index in [2.05, 4.69) is 15.3 Å². The van der Waals surface area contributed by atoms with Crippen LogP contribution in [-0.4, -0.2) is 26.5 Å². The van der Waals surface area contributed by atoms with E-state index >= 15 is 0 Å². The van der Waals surface area contributed by atoms with E-state index in [4.69, 9.17) is 10.5 Å². The summed E-state index contributed by atoms with van der Waals surface area (Å²) in [5.41, 5.74) is 8.38. The molecule has 29 heavy (non-hydrogen) atoms. The maximum Gasteiger partial charge on any atom is 0.206 e. The lowest BCUT2D eigenvalue weighted by Gasteiger charge is -2.09. The number of aliphatic imine (C=N–C) groups is 1. The van der Waals surface area contributed by atoms with Gasteiger partial charge in [-0.2, -0.15) is 0 Å². The third-order valence-corrected chi connectivity index (χ3v) is 6.08. The summed E-state index contributed by atoms with van der Waals surface area (Å²) in [6, 6.07) is 15.0. The highest BCUT2D eigenvalue weighted by Gasteiger charge is 2.18. The molecule has 0 aliphatic rings. The molecule has 1 aromatic heterocycles. The standard InChI is InChI=1S/C21H22N4O3S/c1-15-3-6-19(13-20(15)28-2)29(26,27)18-7-4-16(5-8-18)14-24-21(22)25-17-9-11-23-12-10-17/h3-13H,14H2,1-2H3,(H3,22,23,24,25). The van der Waals surface area contributed by atoms with Crippen LogP contribution >= 0.6 is 0 Å². The minimum atomic E-state index is -3.64. The van der Waals surface area contributed by atoms with Crippen LogP contribution < -0.4 is 15.8 Å². The number of nitrogens with one attached hydrogen (secondary N) is 1. The predicted molar refractivity (Wildman–Crippen MR) is 113 cm³/mol. The van der Waals surface area contributed by atoms with Gasteiger partial charge in [0.2, 0.25) is 9.84 Å². The van der Waals surface area contributed by atoms with Gasteiger partial charge in [-0.1, -0.05) is 18.2 Å². The highest BCUT2D eigenvalue weighted by Crippen LogP contribution is 2.27. The van der Waals surface area contributed by atoms with Crippen molar-refractivity contribution in [3.8, 4) is 5.75 Å². The molecule has 0 radical (unpaired) electrons. The monoisotopic (exact) mass is 410 g/mol. The summed E-state index contributed by atoms with van der Waals surface area (Å²) < 4.78 is 31.0. The molecule has 0 bridgehead atoms. The molecule has 1 heterocycles. The van der Waals surface area contributed by atoms with Crippen LogP contribution in [0.5, 0.6) is 5.75 Å². The van der Waals surface area contributed by atoms with E-state index in [1.54, 1.807) is 60.9 Å². The minimum absolute atomic E-state index is 0.191. The summed E-state index contributed by atoms with van der Waals surface area (Å²) in [4.78, 5) is 8.60. The van der Waals surface area contributed by atoms with Gasteiger partial charge in [0.1, 0.15) is 5.75 Å². The molecule has 8 heteroatoms. The van der Waals surface area contributed by atoms with Gasteiger partial charge in [-0.15, -0.1) is 0 Å². The highest BCUT2D eigenvalue weighted by molar-refractivity contribution is 7.91. The quantitative estimate of drug-likeness (QED) is 0.478. The average molecular weight is 410 g/mol. The van der Waals surface area contributed by atoms with Crippen LogP contribution in [0.15, 0.2) is 81.8 Å². The van der Waals surface area contributed by atoms with Gasteiger partial charge in [0, 0.05) is 18.1 Å². The van der Waals surface area contributed by atoms with Gasteiger partial charge in [-0.25, -0.2) is 13.4 Å². The molecule has 0 aliphatic heterocycles. The maximum atomic E-state index is 12.9. The molecule has 0 atom stereocenters. The molecule has 0 unspecified atom stereocenters. The second-order valence-corrected chi connectivity index (χ2v) is 8.29. The zero-order valence-corrected chi connectivity index (χ0v) is 17.0. The van der Waals surface area contributed by atoms with Gasteiger partial charge in [0.25, 0.3) is 0 Å². The first-order valence-corrected chi connectivity index (χ1v) is 10.3. The smallest absolute Gasteiger partial charge is 0.206 e. The third kappa shape index (κ3) is 4.91. The number of nitrogens with zero attached hydrogens (tertiary/aromatic N) is 2. The Morgan fingerprint density at radius 1 is 1.07 bits per heavy atom. The van der Waals surface area contributed by atoms with E-state index in [9.17, 15) is 8.42 Å². The summed E-state index contributed by atoms with van der Waals surface area (Å²) >= 11 is 0. The molecular weight excluding hydrogens is 388 g/mol. The summed E-state index contributed by atoms with van der Waals surface area (Å²) in [5, 5.41) is 2.96. The zero-order chi connectivity index (χ0) is 20.9. The Balaban J connectivity index is 1.73. The fourth-order valence-electron chi connectivity index (χ4n) is 2.68. The lowest BCUT2D eigenvalue weighted by Crippen LogP contribution is -2.22. The van der Waals surface area contributed by atoms with Gasteiger partial charge >= 0.3 is 0 Å². The van der Waals surface area contributed by atoms with Crippen molar-refractivity contribution in [2.45, 2.75) is 23.3 Å². The van der Waals surface area contributed by atoms with Crippen LogP contribution in [0.2, 0.25) is 0 Å². The molecule has 7 nitrogen and oxygen atoms in total. The van der Waals surface area contributed by atoms with Crippen LogP contribution in [-0.2, 0) is 16.4 Å². The van der Waals surface area contributed by atoms with Crippen molar-refractivity contribution < 1.29 is 13.2 Å². The largest absolute Gasteiger partial charge is 0.496 e. The first kappa shape index (κ1) is 20.3. The number of hydrogen-bond donors (Lipinski definition) is 2. The van der Waals surface area contributed by atoms with Crippen LogP contribution in [0, 0.1) is 6.92 Å². The Hall–Kier alpha value is -3.39.